The second kappa shape index (κ2) is 9.44. The lowest BCUT2D eigenvalue weighted by Gasteiger charge is -2.19. The van der Waals surface area contributed by atoms with E-state index in [9.17, 15) is 4.79 Å². The average Bonchev–Trinajstić information content (AvgIpc) is 2.19. The first-order valence-corrected chi connectivity index (χ1v) is 5.00. The predicted octanol–water partition coefficient (Wildman–Crippen LogP) is 0.713. The zero-order valence-electron chi connectivity index (χ0n) is 9.11. The molecular formula is C10H18N2O3. The van der Waals surface area contributed by atoms with E-state index in [1.54, 1.807) is 7.11 Å². The first-order valence-electron chi connectivity index (χ1n) is 5.00. The fraction of sp³-hybridized carbons (Fsp3) is 0.800. The van der Waals surface area contributed by atoms with E-state index in [2.05, 4.69) is 6.07 Å². The van der Waals surface area contributed by atoms with Gasteiger partial charge in [-0.25, -0.2) is 0 Å². The molecule has 5 heteroatoms. The lowest BCUT2D eigenvalue weighted by Crippen LogP contribution is -2.33. The monoisotopic (exact) mass is 214 g/mol. The van der Waals surface area contributed by atoms with Crippen LogP contribution in [0.4, 0.5) is 0 Å². The summed E-state index contributed by atoms with van der Waals surface area (Å²) >= 11 is 0. The summed E-state index contributed by atoms with van der Waals surface area (Å²) in [6.07, 6.45) is 2.20. The van der Waals surface area contributed by atoms with E-state index < -0.39 is 5.97 Å². The maximum Gasteiger partial charge on any atom is 0.317 e. The molecule has 0 radical (unpaired) electrons. The second-order valence-corrected chi connectivity index (χ2v) is 3.28. The largest absolute Gasteiger partial charge is 0.480 e. The lowest BCUT2D eigenvalue weighted by molar-refractivity contribution is -0.138. The van der Waals surface area contributed by atoms with Gasteiger partial charge in [0.15, 0.2) is 0 Å². The number of hydrogen-bond donors (Lipinski definition) is 1. The molecule has 1 N–H and O–H groups in total. The SMILES string of the molecule is COCCN(CCCCC#N)CC(=O)O. The Labute approximate surface area is 90.2 Å². The second-order valence-electron chi connectivity index (χ2n) is 3.28. The highest BCUT2D eigenvalue weighted by Crippen LogP contribution is 1.98. The summed E-state index contributed by atoms with van der Waals surface area (Å²) in [6, 6.07) is 2.07. The maximum atomic E-state index is 10.5. The summed E-state index contributed by atoms with van der Waals surface area (Å²) in [4.78, 5) is 12.3. The highest BCUT2D eigenvalue weighted by molar-refractivity contribution is 5.69. The molecule has 0 aliphatic carbocycles. The lowest BCUT2D eigenvalue weighted by atomic mass is 10.2. The molecule has 0 saturated heterocycles. The number of methoxy groups -OCH3 is 1. The van der Waals surface area contributed by atoms with Crippen LogP contribution in [0.25, 0.3) is 0 Å². The number of unbranched alkanes of at least 4 members (excludes halogenated alkanes) is 2. The summed E-state index contributed by atoms with van der Waals surface area (Å²) in [6.45, 7) is 1.90. The molecule has 5 nitrogen and oxygen atoms in total. The highest BCUT2D eigenvalue weighted by atomic mass is 16.5. The van der Waals surface area contributed by atoms with Gasteiger partial charge in [0.2, 0.25) is 0 Å². The standard InChI is InChI=1S/C10H18N2O3/c1-15-8-7-12(9-10(13)14)6-4-2-3-5-11/h2-4,6-9H2,1H3,(H,13,14). The van der Waals surface area contributed by atoms with Gasteiger partial charge in [-0.15, -0.1) is 0 Å². The van der Waals surface area contributed by atoms with Crippen LogP contribution in [0.1, 0.15) is 19.3 Å². The Kier molecular flexibility index (Phi) is 8.73. The van der Waals surface area contributed by atoms with Gasteiger partial charge in [0.25, 0.3) is 0 Å². The van der Waals surface area contributed by atoms with Crippen LogP contribution in [-0.2, 0) is 9.53 Å². The number of hydrogen-bond acceptors (Lipinski definition) is 4. The third-order valence-electron chi connectivity index (χ3n) is 1.98. The molecule has 0 aliphatic heterocycles. The minimum Gasteiger partial charge on any atom is -0.480 e. The summed E-state index contributed by atoms with van der Waals surface area (Å²) in [5.41, 5.74) is 0. The van der Waals surface area contributed by atoms with Gasteiger partial charge in [0.05, 0.1) is 19.2 Å². The van der Waals surface area contributed by atoms with E-state index in [-0.39, 0.29) is 6.54 Å². The number of nitrogens with zero attached hydrogens (tertiary/aromatic N) is 2. The topological polar surface area (TPSA) is 73.6 Å². The summed E-state index contributed by atoms with van der Waals surface area (Å²) in [5.74, 6) is -0.827. The van der Waals surface area contributed by atoms with Gasteiger partial charge in [-0.2, -0.15) is 5.26 Å². The molecule has 0 bridgehead atoms. The van der Waals surface area contributed by atoms with Crippen LogP contribution in [0.3, 0.4) is 0 Å². The van der Waals surface area contributed by atoms with Gasteiger partial charge >= 0.3 is 5.97 Å². The molecule has 0 amide bonds. The Bertz CT molecular complexity index is 213. The van der Waals surface area contributed by atoms with Crippen molar-refractivity contribution in [3.05, 3.63) is 0 Å². The first-order chi connectivity index (χ1) is 7.20. The minimum atomic E-state index is -0.827. The number of carboxylic acid groups (broad SMARTS) is 1. The van der Waals surface area contributed by atoms with E-state index in [0.29, 0.717) is 26.1 Å². The van der Waals surface area contributed by atoms with Crippen LogP contribution in [0.2, 0.25) is 0 Å². The fourth-order valence-corrected chi connectivity index (χ4v) is 1.22. The molecule has 0 aromatic rings. The fourth-order valence-electron chi connectivity index (χ4n) is 1.22. The van der Waals surface area contributed by atoms with Crippen LogP contribution in [-0.4, -0.2) is 49.3 Å². The van der Waals surface area contributed by atoms with E-state index in [1.165, 1.54) is 0 Å². The number of carbonyl (C=O) groups is 1. The quantitative estimate of drug-likeness (QED) is 0.572. The Morgan fingerprint density at radius 2 is 2.20 bits per heavy atom. The molecule has 0 unspecified atom stereocenters. The summed E-state index contributed by atoms with van der Waals surface area (Å²) < 4.78 is 4.89. The van der Waals surface area contributed by atoms with Gasteiger partial charge in [-0.1, -0.05) is 0 Å². The molecule has 0 aliphatic rings. The van der Waals surface area contributed by atoms with Crippen molar-refractivity contribution in [1.29, 1.82) is 5.26 Å². The van der Waals surface area contributed by atoms with Crippen molar-refractivity contribution in [2.24, 2.45) is 0 Å². The molecular weight excluding hydrogens is 196 g/mol. The number of aliphatic carboxylic acids is 1. The van der Waals surface area contributed by atoms with Gasteiger partial charge in [0, 0.05) is 20.1 Å². The highest BCUT2D eigenvalue weighted by Gasteiger charge is 2.08. The van der Waals surface area contributed by atoms with E-state index in [1.807, 2.05) is 4.90 Å². The summed E-state index contributed by atoms with van der Waals surface area (Å²) in [7, 11) is 1.59. The third kappa shape index (κ3) is 9.19. The van der Waals surface area contributed by atoms with E-state index in [0.717, 1.165) is 12.8 Å². The van der Waals surface area contributed by atoms with Gasteiger partial charge in [-0.05, 0) is 19.4 Å². The van der Waals surface area contributed by atoms with E-state index >= 15 is 0 Å². The van der Waals surface area contributed by atoms with Crippen LogP contribution in [0.5, 0.6) is 0 Å². The predicted molar refractivity (Wildman–Crippen MR) is 55.4 cm³/mol. The van der Waals surface area contributed by atoms with Crippen molar-refractivity contribution in [3.63, 3.8) is 0 Å². The first kappa shape index (κ1) is 13.9. The van der Waals surface area contributed by atoms with Gasteiger partial charge in [-0.3, -0.25) is 9.69 Å². The van der Waals surface area contributed by atoms with Crippen LogP contribution in [0, 0.1) is 11.3 Å². The smallest absolute Gasteiger partial charge is 0.317 e. The van der Waals surface area contributed by atoms with Crippen LogP contribution < -0.4 is 0 Å². The number of carboxylic acids is 1. The Morgan fingerprint density at radius 1 is 1.47 bits per heavy atom. The van der Waals surface area contributed by atoms with Crippen molar-refractivity contribution in [2.75, 3.05) is 33.4 Å². The van der Waals surface area contributed by atoms with Gasteiger partial charge < -0.3 is 9.84 Å². The normalized spacial score (nSPS) is 10.2. The summed E-state index contributed by atoms with van der Waals surface area (Å²) in [5, 5.41) is 17.0. The third-order valence-corrected chi connectivity index (χ3v) is 1.98. The average molecular weight is 214 g/mol. The molecule has 0 aromatic heterocycles. The van der Waals surface area contributed by atoms with Crippen molar-refractivity contribution < 1.29 is 14.6 Å². The van der Waals surface area contributed by atoms with Crippen molar-refractivity contribution in [2.45, 2.75) is 19.3 Å². The molecule has 0 spiro atoms. The van der Waals surface area contributed by atoms with Crippen LogP contribution >= 0.6 is 0 Å². The minimum absolute atomic E-state index is 0.0376. The number of rotatable bonds is 9. The molecule has 0 aromatic carbocycles. The zero-order valence-corrected chi connectivity index (χ0v) is 9.11. The molecule has 0 heterocycles. The molecule has 0 saturated carbocycles. The van der Waals surface area contributed by atoms with Gasteiger partial charge in [0.1, 0.15) is 0 Å². The molecule has 86 valence electrons. The number of nitriles is 1. The molecule has 0 rings (SSSR count). The Hall–Kier alpha value is -1.12. The Balaban J connectivity index is 3.69. The molecule has 0 atom stereocenters. The maximum absolute atomic E-state index is 10.5. The van der Waals surface area contributed by atoms with Crippen molar-refractivity contribution in [3.8, 4) is 6.07 Å². The molecule has 15 heavy (non-hydrogen) atoms. The zero-order chi connectivity index (χ0) is 11.5. The number of ether oxygens (including phenoxy) is 1. The Morgan fingerprint density at radius 3 is 2.73 bits per heavy atom. The molecule has 0 fully saturated rings. The van der Waals surface area contributed by atoms with Crippen molar-refractivity contribution >= 4 is 5.97 Å². The van der Waals surface area contributed by atoms with Crippen LogP contribution in [0.15, 0.2) is 0 Å². The van der Waals surface area contributed by atoms with Crippen molar-refractivity contribution in [1.82, 2.24) is 4.90 Å². The van der Waals surface area contributed by atoms with E-state index in [4.69, 9.17) is 15.1 Å².